The van der Waals surface area contributed by atoms with E-state index in [1.807, 2.05) is 26.8 Å². The van der Waals surface area contributed by atoms with E-state index in [2.05, 4.69) is 34.4 Å². The summed E-state index contributed by atoms with van der Waals surface area (Å²) >= 11 is 0. The molecule has 19 heavy (non-hydrogen) atoms. The lowest BCUT2D eigenvalue weighted by Gasteiger charge is -2.23. The molecule has 1 amide bonds. The number of rotatable bonds is 5. The summed E-state index contributed by atoms with van der Waals surface area (Å²) in [6.45, 7) is 10.4. The van der Waals surface area contributed by atoms with Gasteiger partial charge < -0.3 is 10.6 Å². The molecule has 0 aromatic carbocycles. The maximum atomic E-state index is 11.7. The third-order valence-electron chi connectivity index (χ3n) is 2.94. The van der Waals surface area contributed by atoms with E-state index < -0.39 is 5.41 Å². The molecule has 1 aromatic rings. The summed E-state index contributed by atoms with van der Waals surface area (Å²) in [5, 5.41) is 5.90. The molecule has 0 aliphatic heterocycles. The first-order chi connectivity index (χ1) is 8.76. The first-order valence-electron chi connectivity index (χ1n) is 6.58. The minimum Gasteiger partial charge on any atom is -0.369 e. The standard InChI is InChI=1S/C14H24N4O/c1-9(2)12-17-10(3)7-11(18-12)16-8-14(4,5)13(19)15-6/h7,9H,8H2,1-6H3,(H,15,19)(H,16,17,18). The highest BCUT2D eigenvalue weighted by molar-refractivity contribution is 5.82. The summed E-state index contributed by atoms with van der Waals surface area (Å²) in [5.41, 5.74) is 0.449. The van der Waals surface area contributed by atoms with E-state index in [4.69, 9.17) is 0 Å². The van der Waals surface area contributed by atoms with E-state index in [-0.39, 0.29) is 11.8 Å². The van der Waals surface area contributed by atoms with Gasteiger partial charge in [0.15, 0.2) is 0 Å². The van der Waals surface area contributed by atoms with Gasteiger partial charge in [-0.3, -0.25) is 4.79 Å². The maximum absolute atomic E-state index is 11.7. The van der Waals surface area contributed by atoms with Gasteiger partial charge in [-0.2, -0.15) is 0 Å². The molecule has 1 heterocycles. The largest absolute Gasteiger partial charge is 0.369 e. The fourth-order valence-corrected chi connectivity index (χ4v) is 1.67. The molecule has 2 N–H and O–H groups in total. The number of anilines is 1. The van der Waals surface area contributed by atoms with Gasteiger partial charge in [0.2, 0.25) is 5.91 Å². The van der Waals surface area contributed by atoms with Crippen molar-refractivity contribution < 1.29 is 4.79 Å². The summed E-state index contributed by atoms with van der Waals surface area (Å²) in [6.07, 6.45) is 0. The van der Waals surface area contributed by atoms with E-state index in [0.29, 0.717) is 6.54 Å². The maximum Gasteiger partial charge on any atom is 0.227 e. The second-order valence-corrected chi connectivity index (χ2v) is 5.72. The lowest BCUT2D eigenvalue weighted by Crippen LogP contribution is -2.39. The molecule has 0 radical (unpaired) electrons. The molecule has 5 heteroatoms. The Morgan fingerprint density at radius 3 is 2.53 bits per heavy atom. The summed E-state index contributed by atoms with van der Waals surface area (Å²) < 4.78 is 0. The lowest BCUT2D eigenvalue weighted by molar-refractivity contribution is -0.128. The van der Waals surface area contributed by atoms with Gasteiger partial charge in [0.25, 0.3) is 0 Å². The number of nitrogens with zero attached hydrogens (tertiary/aromatic N) is 2. The summed E-state index contributed by atoms with van der Waals surface area (Å²) in [5.74, 6) is 1.88. The number of hydrogen-bond donors (Lipinski definition) is 2. The second-order valence-electron chi connectivity index (χ2n) is 5.72. The van der Waals surface area contributed by atoms with E-state index in [1.165, 1.54) is 0 Å². The number of carbonyl (C=O) groups excluding carboxylic acids is 1. The normalized spacial score (nSPS) is 11.5. The van der Waals surface area contributed by atoms with Crippen molar-refractivity contribution in [3.63, 3.8) is 0 Å². The minimum atomic E-state index is -0.481. The second kappa shape index (κ2) is 5.99. The molecule has 0 aliphatic carbocycles. The van der Waals surface area contributed by atoms with Crippen LogP contribution in [0.5, 0.6) is 0 Å². The first kappa shape index (κ1) is 15.4. The van der Waals surface area contributed by atoms with Crippen molar-refractivity contribution in [3.8, 4) is 0 Å². The Bertz CT molecular complexity index is 455. The molecular formula is C14H24N4O. The SMILES string of the molecule is CNC(=O)C(C)(C)CNc1cc(C)nc(C(C)C)n1. The predicted molar refractivity (Wildman–Crippen MR) is 77.2 cm³/mol. The van der Waals surface area contributed by atoms with E-state index in [1.54, 1.807) is 7.05 Å². The highest BCUT2D eigenvalue weighted by Gasteiger charge is 2.26. The molecule has 0 atom stereocenters. The summed E-state index contributed by atoms with van der Waals surface area (Å²) in [4.78, 5) is 20.6. The van der Waals surface area contributed by atoms with Crippen LogP contribution in [0, 0.1) is 12.3 Å². The third kappa shape index (κ3) is 4.19. The van der Waals surface area contributed by atoms with E-state index >= 15 is 0 Å². The number of nitrogens with one attached hydrogen (secondary N) is 2. The van der Waals surface area contributed by atoms with Crippen molar-refractivity contribution in [2.24, 2.45) is 5.41 Å². The molecule has 0 unspecified atom stereocenters. The molecule has 106 valence electrons. The molecule has 5 nitrogen and oxygen atoms in total. The fraction of sp³-hybridized carbons (Fsp3) is 0.643. The van der Waals surface area contributed by atoms with Gasteiger partial charge >= 0.3 is 0 Å². The van der Waals surface area contributed by atoms with Crippen molar-refractivity contribution >= 4 is 11.7 Å². The first-order valence-corrected chi connectivity index (χ1v) is 6.58. The van der Waals surface area contributed by atoms with Crippen LogP contribution >= 0.6 is 0 Å². The van der Waals surface area contributed by atoms with Crippen molar-refractivity contribution in [3.05, 3.63) is 17.6 Å². The molecule has 0 fully saturated rings. The minimum absolute atomic E-state index is 0.00913. The van der Waals surface area contributed by atoms with Crippen LogP contribution in [0.25, 0.3) is 0 Å². The number of carbonyl (C=O) groups is 1. The Morgan fingerprint density at radius 2 is 2.00 bits per heavy atom. The smallest absolute Gasteiger partial charge is 0.227 e. The van der Waals surface area contributed by atoms with Crippen LogP contribution in [0.4, 0.5) is 5.82 Å². The van der Waals surface area contributed by atoms with Crippen LogP contribution < -0.4 is 10.6 Å². The van der Waals surface area contributed by atoms with Crippen LogP contribution in [-0.2, 0) is 4.79 Å². The Balaban J connectivity index is 2.81. The summed E-state index contributed by atoms with van der Waals surface area (Å²) in [7, 11) is 1.65. The molecule has 0 aliphatic rings. The zero-order chi connectivity index (χ0) is 14.6. The molecule has 1 rings (SSSR count). The molecule has 0 bridgehead atoms. The van der Waals surface area contributed by atoms with Gasteiger partial charge in [0.05, 0.1) is 5.41 Å². The van der Waals surface area contributed by atoms with Gasteiger partial charge in [-0.15, -0.1) is 0 Å². The van der Waals surface area contributed by atoms with Crippen molar-refractivity contribution in [1.82, 2.24) is 15.3 Å². The van der Waals surface area contributed by atoms with Crippen LogP contribution in [0.1, 0.15) is 45.1 Å². The molecule has 0 spiro atoms. The summed E-state index contributed by atoms with van der Waals surface area (Å²) in [6, 6.07) is 1.89. The van der Waals surface area contributed by atoms with Gasteiger partial charge in [-0.05, 0) is 20.8 Å². The number of amides is 1. The van der Waals surface area contributed by atoms with Gasteiger partial charge in [0.1, 0.15) is 11.6 Å². The van der Waals surface area contributed by atoms with Crippen molar-refractivity contribution in [2.75, 3.05) is 18.9 Å². The average molecular weight is 264 g/mol. The fourth-order valence-electron chi connectivity index (χ4n) is 1.67. The average Bonchev–Trinajstić information content (AvgIpc) is 2.34. The lowest BCUT2D eigenvalue weighted by atomic mass is 9.92. The van der Waals surface area contributed by atoms with Crippen LogP contribution in [0.15, 0.2) is 6.07 Å². The van der Waals surface area contributed by atoms with Crippen LogP contribution in [0.2, 0.25) is 0 Å². The third-order valence-corrected chi connectivity index (χ3v) is 2.94. The highest BCUT2D eigenvalue weighted by atomic mass is 16.2. The Labute approximate surface area is 115 Å². The molecular weight excluding hydrogens is 240 g/mol. The van der Waals surface area contributed by atoms with E-state index in [9.17, 15) is 4.79 Å². The van der Waals surface area contributed by atoms with Crippen molar-refractivity contribution in [1.29, 1.82) is 0 Å². The Kier molecular flexibility index (Phi) is 4.86. The molecule has 1 aromatic heterocycles. The number of hydrogen-bond acceptors (Lipinski definition) is 4. The number of aromatic nitrogens is 2. The Morgan fingerprint density at radius 1 is 1.37 bits per heavy atom. The van der Waals surface area contributed by atoms with Crippen LogP contribution in [-0.4, -0.2) is 29.5 Å². The highest BCUT2D eigenvalue weighted by Crippen LogP contribution is 2.18. The monoisotopic (exact) mass is 264 g/mol. The zero-order valence-corrected chi connectivity index (χ0v) is 12.7. The number of aryl methyl sites for hydroxylation is 1. The van der Waals surface area contributed by atoms with E-state index in [0.717, 1.165) is 17.3 Å². The van der Waals surface area contributed by atoms with Crippen molar-refractivity contribution in [2.45, 2.75) is 40.5 Å². The molecule has 0 saturated carbocycles. The topological polar surface area (TPSA) is 66.9 Å². The molecule has 0 saturated heterocycles. The zero-order valence-electron chi connectivity index (χ0n) is 12.7. The van der Waals surface area contributed by atoms with Crippen LogP contribution in [0.3, 0.4) is 0 Å². The van der Waals surface area contributed by atoms with Gasteiger partial charge in [0, 0.05) is 31.3 Å². The Hall–Kier alpha value is -1.65. The quantitative estimate of drug-likeness (QED) is 0.854. The predicted octanol–water partition coefficient (Wildman–Crippen LogP) is 2.09. The van der Waals surface area contributed by atoms with Gasteiger partial charge in [-0.25, -0.2) is 9.97 Å². The van der Waals surface area contributed by atoms with Gasteiger partial charge in [-0.1, -0.05) is 13.8 Å².